The molecular weight excluding hydrogens is 374 g/mol. The summed E-state index contributed by atoms with van der Waals surface area (Å²) < 4.78 is 20.6. The normalized spacial score (nSPS) is 10.4. The molecule has 2 aromatic carbocycles. The van der Waals surface area contributed by atoms with Crippen molar-refractivity contribution in [1.82, 2.24) is 0 Å². The molecule has 2 aromatic rings. The maximum Gasteiger partial charge on any atom is 0.349 e. The van der Waals surface area contributed by atoms with E-state index < -0.39 is 11.9 Å². The predicted octanol–water partition coefficient (Wildman–Crippen LogP) is 3.56. The van der Waals surface area contributed by atoms with Crippen molar-refractivity contribution >= 4 is 18.0 Å². The quantitative estimate of drug-likeness (QED) is 0.222. The number of hydrogen-bond donors (Lipinski definition) is 0. The monoisotopic (exact) mass is 393 g/mol. The van der Waals surface area contributed by atoms with Gasteiger partial charge in [0.15, 0.2) is 11.5 Å². The molecule has 0 saturated heterocycles. The summed E-state index contributed by atoms with van der Waals surface area (Å²) in [6.45, 7) is 3.45. The molecule has 148 valence electrons. The molecule has 0 bridgehead atoms. The van der Waals surface area contributed by atoms with Crippen LogP contribution in [0.2, 0.25) is 0 Å². The highest BCUT2D eigenvalue weighted by Crippen LogP contribution is 2.30. The average Bonchev–Trinajstić information content (AvgIpc) is 2.76. The predicted molar refractivity (Wildman–Crippen MR) is 106 cm³/mol. The van der Waals surface area contributed by atoms with Crippen molar-refractivity contribution in [2.75, 3.05) is 20.8 Å². The van der Waals surface area contributed by atoms with Crippen LogP contribution in [0.25, 0.3) is 6.08 Å². The molecule has 0 aliphatic rings. The van der Waals surface area contributed by atoms with Crippen molar-refractivity contribution in [3.8, 4) is 23.3 Å². The van der Waals surface area contributed by atoms with Gasteiger partial charge in [0.05, 0.1) is 19.8 Å². The van der Waals surface area contributed by atoms with Gasteiger partial charge in [-0.05, 0) is 48.0 Å². The third-order valence-corrected chi connectivity index (χ3v) is 3.70. The number of rotatable bonds is 8. The lowest BCUT2D eigenvalue weighted by Crippen LogP contribution is -2.09. The molecule has 0 aliphatic carbocycles. The van der Waals surface area contributed by atoms with Crippen LogP contribution in [0.15, 0.2) is 60.7 Å². The summed E-state index contributed by atoms with van der Waals surface area (Å²) >= 11 is 0. The van der Waals surface area contributed by atoms with Gasteiger partial charge in [0.2, 0.25) is 0 Å². The second kappa shape index (κ2) is 10.3. The number of hydrogen-bond acceptors (Lipinski definition) is 7. The fourth-order valence-electron chi connectivity index (χ4n) is 2.26. The molecule has 2 rings (SSSR count). The van der Waals surface area contributed by atoms with E-state index in [-0.39, 0.29) is 23.7 Å². The van der Waals surface area contributed by atoms with E-state index in [0.717, 1.165) is 0 Å². The Morgan fingerprint density at radius 3 is 2.38 bits per heavy atom. The summed E-state index contributed by atoms with van der Waals surface area (Å²) in [5.41, 5.74) is 0.656. The van der Waals surface area contributed by atoms with Gasteiger partial charge in [0.25, 0.3) is 0 Å². The Labute approximate surface area is 168 Å². The summed E-state index contributed by atoms with van der Waals surface area (Å²) in [4.78, 5) is 24.2. The van der Waals surface area contributed by atoms with Crippen molar-refractivity contribution in [3.63, 3.8) is 0 Å². The summed E-state index contributed by atoms with van der Waals surface area (Å²) in [5, 5.41) is 9.17. The molecule has 0 aromatic heterocycles. The number of methoxy groups -OCH3 is 2. The van der Waals surface area contributed by atoms with E-state index in [4.69, 9.17) is 24.2 Å². The first-order chi connectivity index (χ1) is 14.0. The Morgan fingerprint density at radius 2 is 1.79 bits per heavy atom. The molecule has 0 fully saturated rings. The minimum Gasteiger partial charge on any atom is -0.497 e. The fourth-order valence-corrected chi connectivity index (χ4v) is 2.26. The number of nitriles is 1. The Morgan fingerprint density at radius 1 is 1.07 bits per heavy atom. The minimum atomic E-state index is -0.763. The Kier molecular flexibility index (Phi) is 7.57. The van der Waals surface area contributed by atoms with E-state index in [1.807, 2.05) is 0 Å². The Hall–Kier alpha value is -4.05. The van der Waals surface area contributed by atoms with Crippen LogP contribution in [0.3, 0.4) is 0 Å². The maximum absolute atomic E-state index is 12.3. The number of ether oxygens (including phenoxy) is 4. The van der Waals surface area contributed by atoms with Crippen LogP contribution in [-0.4, -0.2) is 32.8 Å². The van der Waals surface area contributed by atoms with Crippen LogP contribution in [0.1, 0.15) is 15.9 Å². The number of esters is 2. The van der Waals surface area contributed by atoms with Crippen LogP contribution in [0.5, 0.6) is 17.2 Å². The van der Waals surface area contributed by atoms with Crippen molar-refractivity contribution < 1.29 is 28.5 Å². The number of nitrogens with zero attached hydrogens (tertiary/aromatic N) is 1. The van der Waals surface area contributed by atoms with Crippen molar-refractivity contribution in [2.24, 2.45) is 0 Å². The van der Waals surface area contributed by atoms with Gasteiger partial charge in [-0.25, -0.2) is 9.59 Å². The Bertz CT molecular complexity index is 970. The van der Waals surface area contributed by atoms with E-state index in [1.54, 1.807) is 36.4 Å². The summed E-state index contributed by atoms with van der Waals surface area (Å²) in [6, 6.07) is 12.9. The lowest BCUT2D eigenvalue weighted by Gasteiger charge is -2.10. The number of carbonyl (C=O) groups excluding carboxylic acids is 2. The Balaban J connectivity index is 2.22. The molecule has 0 spiro atoms. The van der Waals surface area contributed by atoms with Gasteiger partial charge in [-0.15, -0.1) is 0 Å². The molecule has 0 amide bonds. The van der Waals surface area contributed by atoms with E-state index in [0.29, 0.717) is 16.9 Å². The molecule has 7 heteroatoms. The first-order valence-corrected chi connectivity index (χ1v) is 8.46. The summed E-state index contributed by atoms with van der Waals surface area (Å²) in [7, 11) is 2.95. The summed E-state index contributed by atoms with van der Waals surface area (Å²) in [6.07, 6.45) is 2.75. The highest BCUT2D eigenvalue weighted by atomic mass is 16.6. The van der Waals surface area contributed by atoms with Crippen LogP contribution in [0, 0.1) is 11.3 Å². The van der Waals surface area contributed by atoms with Gasteiger partial charge < -0.3 is 18.9 Å². The van der Waals surface area contributed by atoms with E-state index in [2.05, 4.69) is 6.58 Å². The van der Waals surface area contributed by atoms with Gasteiger partial charge in [0, 0.05) is 0 Å². The zero-order valence-corrected chi connectivity index (χ0v) is 16.0. The van der Waals surface area contributed by atoms with Gasteiger partial charge in [-0.1, -0.05) is 18.7 Å². The highest BCUT2D eigenvalue weighted by molar-refractivity contribution is 5.98. The average molecular weight is 393 g/mol. The van der Waals surface area contributed by atoms with E-state index in [1.165, 1.54) is 38.5 Å². The second-order valence-corrected chi connectivity index (χ2v) is 5.59. The summed E-state index contributed by atoms with van der Waals surface area (Å²) in [5.74, 6) is -0.257. The maximum atomic E-state index is 12.3. The molecule has 0 N–H and O–H groups in total. The van der Waals surface area contributed by atoms with Gasteiger partial charge in [-0.2, -0.15) is 5.26 Å². The SMILES string of the molecule is C=CCOC(=O)/C(C#N)=C/c1ccc(OC(=O)c2ccc(OC)cc2)c(OC)c1. The number of carbonyl (C=O) groups is 2. The molecule has 0 unspecified atom stereocenters. The lowest BCUT2D eigenvalue weighted by molar-refractivity contribution is -0.137. The zero-order chi connectivity index (χ0) is 21.2. The molecule has 29 heavy (non-hydrogen) atoms. The highest BCUT2D eigenvalue weighted by Gasteiger charge is 2.14. The molecule has 0 atom stereocenters. The smallest absolute Gasteiger partial charge is 0.349 e. The second-order valence-electron chi connectivity index (χ2n) is 5.59. The molecule has 0 saturated carbocycles. The minimum absolute atomic E-state index is 0.00141. The van der Waals surface area contributed by atoms with Crippen LogP contribution >= 0.6 is 0 Å². The standard InChI is InChI=1S/C22H19NO6/c1-4-11-28-21(24)17(14-23)12-15-5-10-19(20(13-15)27-3)29-22(25)16-6-8-18(26-2)9-7-16/h4-10,12-13H,1,11H2,2-3H3/b17-12+. The van der Waals surface area contributed by atoms with Crippen molar-refractivity contribution in [1.29, 1.82) is 5.26 Å². The van der Waals surface area contributed by atoms with Crippen molar-refractivity contribution in [3.05, 3.63) is 71.8 Å². The largest absolute Gasteiger partial charge is 0.497 e. The van der Waals surface area contributed by atoms with Crippen LogP contribution in [0.4, 0.5) is 0 Å². The van der Waals surface area contributed by atoms with Crippen LogP contribution in [-0.2, 0) is 9.53 Å². The van der Waals surface area contributed by atoms with E-state index in [9.17, 15) is 9.59 Å². The lowest BCUT2D eigenvalue weighted by atomic mass is 10.1. The molecule has 0 radical (unpaired) electrons. The molecule has 0 aliphatic heterocycles. The molecule has 7 nitrogen and oxygen atoms in total. The van der Waals surface area contributed by atoms with Crippen LogP contribution < -0.4 is 14.2 Å². The van der Waals surface area contributed by atoms with Gasteiger partial charge in [-0.3, -0.25) is 0 Å². The molecule has 0 heterocycles. The first kappa shape index (κ1) is 21.3. The third-order valence-electron chi connectivity index (χ3n) is 3.70. The van der Waals surface area contributed by atoms with E-state index >= 15 is 0 Å². The first-order valence-electron chi connectivity index (χ1n) is 8.46. The molecular formula is C22H19NO6. The van der Waals surface area contributed by atoms with Gasteiger partial charge >= 0.3 is 11.9 Å². The zero-order valence-electron chi connectivity index (χ0n) is 16.0. The fraction of sp³-hybridized carbons (Fsp3) is 0.136. The van der Waals surface area contributed by atoms with Gasteiger partial charge in [0.1, 0.15) is 24.0 Å². The number of benzene rings is 2. The third kappa shape index (κ3) is 5.71. The topological polar surface area (TPSA) is 94.9 Å². The van der Waals surface area contributed by atoms with Crippen molar-refractivity contribution in [2.45, 2.75) is 0 Å².